The summed E-state index contributed by atoms with van der Waals surface area (Å²) < 4.78 is 13.1. The van der Waals surface area contributed by atoms with Crippen molar-refractivity contribution in [2.45, 2.75) is 45.7 Å². The highest BCUT2D eigenvalue weighted by Crippen LogP contribution is 2.33. The Hall–Kier alpha value is -0.640. The van der Waals surface area contributed by atoms with Gasteiger partial charge in [-0.15, -0.1) is 12.4 Å². The molecule has 1 aliphatic rings. The van der Waals surface area contributed by atoms with Crippen LogP contribution in [0, 0.1) is 11.2 Å². The molecule has 1 aliphatic heterocycles. The van der Waals surface area contributed by atoms with E-state index in [-0.39, 0.29) is 29.7 Å². The third-order valence-corrected chi connectivity index (χ3v) is 3.77. The van der Waals surface area contributed by atoms with Crippen LogP contribution in [0.2, 0.25) is 0 Å². The summed E-state index contributed by atoms with van der Waals surface area (Å²) in [5, 5.41) is 7.18. The molecule has 1 saturated heterocycles. The van der Waals surface area contributed by atoms with Gasteiger partial charge in [-0.25, -0.2) is 4.39 Å². The molecule has 1 aromatic carbocycles. The molecule has 0 aliphatic carbocycles. The number of piperidine rings is 1. The van der Waals surface area contributed by atoms with Crippen molar-refractivity contribution in [3.05, 3.63) is 35.6 Å². The van der Waals surface area contributed by atoms with Crippen LogP contribution in [0.25, 0.3) is 0 Å². The molecular weight excluding hydrogens is 275 g/mol. The Kier molecular flexibility index (Phi) is 6.44. The first kappa shape index (κ1) is 17.4. The summed E-state index contributed by atoms with van der Waals surface area (Å²) in [7, 11) is 0. The van der Waals surface area contributed by atoms with E-state index in [1.807, 2.05) is 12.1 Å². The lowest BCUT2D eigenvalue weighted by atomic mass is 9.81. The summed E-state index contributed by atoms with van der Waals surface area (Å²) >= 11 is 0. The SMILES string of the molecule is CC(C)(C)C(NC1CCCNC1)c1ccc(F)cc1.Cl. The molecule has 0 saturated carbocycles. The topological polar surface area (TPSA) is 24.1 Å². The summed E-state index contributed by atoms with van der Waals surface area (Å²) in [6.07, 6.45) is 2.43. The second kappa shape index (κ2) is 7.39. The Balaban J connectivity index is 0.00000200. The molecule has 114 valence electrons. The van der Waals surface area contributed by atoms with Crippen LogP contribution in [-0.4, -0.2) is 19.1 Å². The molecule has 2 N–H and O–H groups in total. The smallest absolute Gasteiger partial charge is 0.123 e. The highest BCUT2D eigenvalue weighted by molar-refractivity contribution is 5.85. The Bertz CT molecular complexity index is 394. The van der Waals surface area contributed by atoms with Gasteiger partial charge in [0.1, 0.15) is 5.82 Å². The number of hydrogen-bond donors (Lipinski definition) is 2. The molecule has 1 fully saturated rings. The van der Waals surface area contributed by atoms with E-state index in [2.05, 4.69) is 31.4 Å². The minimum atomic E-state index is -0.171. The molecule has 2 unspecified atom stereocenters. The number of benzene rings is 1. The van der Waals surface area contributed by atoms with Gasteiger partial charge in [0.15, 0.2) is 0 Å². The zero-order valence-corrected chi connectivity index (χ0v) is 13.4. The maximum Gasteiger partial charge on any atom is 0.123 e. The monoisotopic (exact) mass is 300 g/mol. The van der Waals surface area contributed by atoms with Crippen LogP contribution in [0.5, 0.6) is 0 Å². The van der Waals surface area contributed by atoms with Crippen molar-refractivity contribution in [3.63, 3.8) is 0 Å². The number of hydrogen-bond acceptors (Lipinski definition) is 2. The Morgan fingerprint density at radius 2 is 1.90 bits per heavy atom. The Labute approximate surface area is 127 Å². The lowest BCUT2D eigenvalue weighted by molar-refractivity contribution is 0.231. The molecule has 2 atom stereocenters. The van der Waals surface area contributed by atoms with Crippen LogP contribution in [-0.2, 0) is 0 Å². The largest absolute Gasteiger partial charge is 0.315 e. The summed E-state index contributed by atoms with van der Waals surface area (Å²) in [5.41, 5.74) is 1.27. The third-order valence-electron chi connectivity index (χ3n) is 3.77. The van der Waals surface area contributed by atoms with Gasteiger partial charge < -0.3 is 10.6 Å². The molecule has 0 amide bonds. The van der Waals surface area contributed by atoms with Crippen molar-refractivity contribution in [2.75, 3.05) is 13.1 Å². The molecule has 0 bridgehead atoms. The van der Waals surface area contributed by atoms with Crippen molar-refractivity contribution >= 4 is 12.4 Å². The lowest BCUT2D eigenvalue weighted by Crippen LogP contribution is -2.47. The van der Waals surface area contributed by atoms with Crippen LogP contribution in [0.3, 0.4) is 0 Å². The highest BCUT2D eigenvalue weighted by atomic mass is 35.5. The fraction of sp³-hybridized carbons (Fsp3) is 0.625. The van der Waals surface area contributed by atoms with E-state index in [0.717, 1.165) is 13.1 Å². The molecule has 20 heavy (non-hydrogen) atoms. The fourth-order valence-corrected chi connectivity index (χ4v) is 2.73. The molecule has 0 radical (unpaired) electrons. The molecule has 1 heterocycles. The van der Waals surface area contributed by atoms with E-state index in [9.17, 15) is 4.39 Å². The van der Waals surface area contributed by atoms with Gasteiger partial charge in [0.05, 0.1) is 0 Å². The van der Waals surface area contributed by atoms with Gasteiger partial charge >= 0.3 is 0 Å². The Morgan fingerprint density at radius 1 is 1.25 bits per heavy atom. The van der Waals surface area contributed by atoms with Gasteiger partial charge in [0.2, 0.25) is 0 Å². The molecule has 0 aromatic heterocycles. The minimum absolute atomic E-state index is 0. The average molecular weight is 301 g/mol. The van der Waals surface area contributed by atoms with Gasteiger partial charge in [-0.1, -0.05) is 32.9 Å². The third kappa shape index (κ3) is 4.72. The standard InChI is InChI=1S/C16H25FN2.ClH/c1-16(2,3)15(12-6-8-13(17)9-7-12)19-14-5-4-10-18-11-14;/h6-9,14-15,18-19H,4-5,10-11H2,1-3H3;1H. The van der Waals surface area contributed by atoms with Crippen molar-refractivity contribution in [3.8, 4) is 0 Å². The molecule has 1 aromatic rings. The van der Waals surface area contributed by atoms with Gasteiger partial charge in [-0.2, -0.15) is 0 Å². The van der Waals surface area contributed by atoms with E-state index < -0.39 is 0 Å². The zero-order valence-electron chi connectivity index (χ0n) is 12.6. The van der Waals surface area contributed by atoms with Crippen molar-refractivity contribution in [2.24, 2.45) is 5.41 Å². The van der Waals surface area contributed by atoms with Gasteiger partial charge in [0.25, 0.3) is 0 Å². The van der Waals surface area contributed by atoms with Gasteiger partial charge in [-0.05, 0) is 42.5 Å². The molecule has 2 nitrogen and oxygen atoms in total. The first-order chi connectivity index (χ1) is 8.97. The summed E-state index contributed by atoms with van der Waals surface area (Å²) in [6, 6.07) is 7.65. The van der Waals surface area contributed by atoms with E-state index in [1.54, 1.807) is 12.1 Å². The minimum Gasteiger partial charge on any atom is -0.315 e. The van der Waals surface area contributed by atoms with Crippen LogP contribution >= 0.6 is 12.4 Å². The maximum absolute atomic E-state index is 13.1. The van der Waals surface area contributed by atoms with Crippen LogP contribution in [0.4, 0.5) is 4.39 Å². The number of nitrogens with one attached hydrogen (secondary N) is 2. The molecule has 4 heteroatoms. The quantitative estimate of drug-likeness (QED) is 0.890. The first-order valence-electron chi connectivity index (χ1n) is 7.19. The van der Waals surface area contributed by atoms with Crippen LogP contribution in [0.15, 0.2) is 24.3 Å². The summed E-state index contributed by atoms with van der Waals surface area (Å²) in [4.78, 5) is 0. The van der Waals surface area contributed by atoms with E-state index in [0.29, 0.717) is 6.04 Å². The zero-order chi connectivity index (χ0) is 13.9. The highest BCUT2D eigenvalue weighted by Gasteiger charge is 2.28. The second-order valence-corrected chi connectivity index (χ2v) is 6.56. The normalized spacial score (nSPS) is 21.1. The lowest BCUT2D eigenvalue weighted by Gasteiger charge is -2.37. The van der Waals surface area contributed by atoms with Crippen molar-refractivity contribution in [1.82, 2.24) is 10.6 Å². The van der Waals surface area contributed by atoms with Crippen LogP contribution < -0.4 is 10.6 Å². The molecule has 0 spiro atoms. The van der Waals surface area contributed by atoms with E-state index >= 15 is 0 Å². The first-order valence-corrected chi connectivity index (χ1v) is 7.19. The molecule has 2 rings (SSSR count). The predicted molar refractivity (Wildman–Crippen MR) is 84.9 cm³/mol. The fourth-order valence-electron chi connectivity index (χ4n) is 2.73. The summed E-state index contributed by atoms with van der Waals surface area (Å²) in [5.74, 6) is -0.171. The molecular formula is C16H26ClFN2. The number of halogens is 2. The second-order valence-electron chi connectivity index (χ2n) is 6.56. The number of rotatable bonds is 3. The summed E-state index contributed by atoms with van der Waals surface area (Å²) in [6.45, 7) is 8.82. The average Bonchev–Trinajstić information content (AvgIpc) is 2.37. The van der Waals surface area contributed by atoms with Crippen molar-refractivity contribution < 1.29 is 4.39 Å². The van der Waals surface area contributed by atoms with E-state index in [4.69, 9.17) is 0 Å². The predicted octanol–water partition coefficient (Wildman–Crippen LogP) is 3.68. The maximum atomic E-state index is 13.1. The van der Waals surface area contributed by atoms with Crippen LogP contribution in [0.1, 0.15) is 45.2 Å². The van der Waals surface area contributed by atoms with E-state index in [1.165, 1.54) is 18.4 Å². The van der Waals surface area contributed by atoms with Gasteiger partial charge in [-0.3, -0.25) is 0 Å². The van der Waals surface area contributed by atoms with Gasteiger partial charge in [0, 0.05) is 18.6 Å². The van der Waals surface area contributed by atoms with Crippen molar-refractivity contribution in [1.29, 1.82) is 0 Å². The Morgan fingerprint density at radius 3 is 2.40 bits per heavy atom.